The minimum atomic E-state index is -0.184. The number of aryl methyl sites for hydroxylation is 1. The number of nitrogens with zero attached hydrogens (tertiary/aromatic N) is 3. The zero-order valence-electron chi connectivity index (χ0n) is 13.7. The van der Waals surface area contributed by atoms with Crippen molar-refractivity contribution in [3.8, 4) is 0 Å². The molecule has 0 aliphatic carbocycles. The maximum atomic E-state index is 12.7. The Morgan fingerprint density at radius 3 is 3.04 bits per heavy atom. The molecule has 2 amide bonds. The van der Waals surface area contributed by atoms with Crippen LogP contribution in [-0.4, -0.2) is 40.1 Å². The topological polar surface area (TPSA) is 67.2 Å². The van der Waals surface area contributed by atoms with Gasteiger partial charge in [-0.25, -0.2) is 0 Å². The molecular weight excluding hydrogens is 324 g/mol. The highest BCUT2D eigenvalue weighted by molar-refractivity contribution is 7.10. The molecule has 3 rings (SSSR count). The molecule has 24 heavy (non-hydrogen) atoms. The van der Waals surface area contributed by atoms with Crippen LogP contribution >= 0.6 is 11.3 Å². The minimum absolute atomic E-state index is 0.0354. The molecule has 0 saturated carbocycles. The van der Waals surface area contributed by atoms with Gasteiger partial charge in [0.15, 0.2) is 0 Å². The van der Waals surface area contributed by atoms with Crippen LogP contribution < -0.4 is 5.32 Å². The Bertz CT molecular complexity index is 669. The van der Waals surface area contributed by atoms with Gasteiger partial charge in [-0.2, -0.15) is 5.10 Å². The summed E-state index contributed by atoms with van der Waals surface area (Å²) in [6.07, 6.45) is 5.54. The lowest BCUT2D eigenvalue weighted by Crippen LogP contribution is -2.46. The van der Waals surface area contributed by atoms with Gasteiger partial charge in [0.1, 0.15) is 0 Å². The van der Waals surface area contributed by atoms with Crippen molar-refractivity contribution >= 4 is 23.2 Å². The average molecular weight is 346 g/mol. The van der Waals surface area contributed by atoms with Crippen molar-refractivity contribution in [2.75, 3.05) is 13.6 Å². The van der Waals surface area contributed by atoms with Gasteiger partial charge >= 0.3 is 0 Å². The van der Waals surface area contributed by atoms with Gasteiger partial charge in [-0.05, 0) is 30.4 Å². The highest BCUT2D eigenvalue weighted by Gasteiger charge is 2.39. The standard InChI is InChI=1S/C17H22N4O2S/c1-20-15(22)7-6-13(16(20)14-5-2-12-24-14)17(23)18-8-3-10-21-11-4-9-19-21/h2,4-5,9,11-13,16H,3,6-8,10H2,1H3,(H,18,23)/t13-,16-/m1/s1. The number of nitrogens with one attached hydrogen (secondary N) is 1. The summed E-state index contributed by atoms with van der Waals surface area (Å²) in [4.78, 5) is 27.5. The van der Waals surface area contributed by atoms with E-state index in [1.807, 2.05) is 34.5 Å². The van der Waals surface area contributed by atoms with E-state index >= 15 is 0 Å². The Hall–Kier alpha value is -2.15. The lowest BCUT2D eigenvalue weighted by Gasteiger charge is -2.37. The fourth-order valence-electron chi connectivity index (χ4n) is 3.18. The first-order valence-corrected chi connectivity index (χ1v) is 9.09. The number of rotatable bonds is 6. The van der Waals surface area contributed by atoms with Crippen LogP contribution in [0.5, 0.6) is 0 Å². The largest absolute Gasteiger partial charge is 0.356 e. The maximum absolute atomic E-state index is 12.7. The van der Waals surface area contributed by atoms with Crippen LogP contribution in [-0.2, 0) is 16.1 Å². The van der Waals surface area contributed by atoms with Crippen LogP contribution in [0.15, 0.2) is 36.0 Å². The van der Waals surface area contributed by atoms with Gasteiger partial charge in [0, 0.05) is 43.8 Å². The summed E-state index contributed by atoms with van der Waals surface area (Å²) in [7, 11) is 1.80. The molecule has 1 aliphatic heterocycles. The second kappa shape index (κ2) is 7.61. The zero-order valence-corrected chi connectivity index (χ0v) is 14.5. The molecule has 3 heterocycles. The van der Waals surface area contributed by atoms with Gasteiger partial charge < -0.3 is 10.2 Å². The number of thiophene rings is 1. The van der Waals surface area contributed by atoms with Gasteiger partial charge in [0.05, 0.1) is 12.0 Å². The summed E-state index contributed by atoms with van der Waals surface area (Å²) < 4.78 is 1.85. The molecule has 6 nitrogen and oxygen atoms in total. The van der Waals surface area contributed by atoms with Crippen molar-refractivity contribution in [2.24, 2.45) is 5.92 Å². The van der Waals surface area contributed by atoms with E-state index in [1.54, 1.807) is 29.5 Å². The molecular formula is C17H22N4O2S. The molecule has 1 N–H and O–H groups in total. The van der Waals surface area contributed by atoms with Crippen LogP contribution in [0.4, 0.5) is 0 Å². The molecule has 1 aliphatic rings. The van der Waals surface area contributed by atoms with Crippen molar-refractivity contribution in [3.63, 3.8) is 0 Å². The van der Waals surface area contributed by atoms with Gasteiger partial charge in [0.25, 0.3) is 0 Å². The highest BCUT2D eigenvalue weighted by Crippen LogP contribution is 2.37. The molecule has 0 radical (unpaired) electrons. The van der Waals surface area contributed by atoms with Crippen LogP contribution in [0.2, 0.25) is 0 Å². The number of likely N-dealkylation sites (tertiary alicyclic amines) is 1. The summed E-state index contributed by atoms with van der Waals surface area (Å²) in [5, 5.41) is 9.16. The molecule has 2 aromatic rings. The SMILES string of the molecule is CN1C(=O)CC[C@@H](C(=O)NCCCn2cccn2)[C@@H]1c1cccs1. The monoisotopic (exact) mass is 346 g/mol. The fourth-order valence-corrected chi connectivity index (χ4v) is 4.11. The number of carbonyl (C=O) groups is 2. The van der Waals surface area contributed by atoms with Gasteiger partial charge in [-0.15, -0.1) is 11.3 Å². The van der Waals surface area contributed by atoms with Crippen molar-refractivity contribution in [1.82, 2.24) is 20.0 Å². The van der Waals surface area contributed by atoms with E-state index in [2.05, 4.69) is 10.4 Å². The third kappa shape index (κ3) is 3.67. The summed E-state index contributed by atoms with van der Waals surface area (Å²) in [5.74, 6) is -0.0413. The highest BCUT2D eigenvalue weighted by atomic mass is 32.1. The van der Waals surface area contributed by atoms with Gasteiger partial charge in [-0.3, -0.25) is 14.3 Å². The first-order chi connectivity index (χ1) is 11.7. The van der Waals surface area contributed by atoms with E-state index in [4.69, 9.17) is 0 Å². The molecule has 0 bridgehead atoms. The lowest BCUT2D eigenvalue weighted by atomic mass is 9.87. The maximum Gasteiger partial charge on any atom is 0.225 e. The lowest BCUT2D eigenvalue weighted by molar-refractivity contribution is -0.141. The van der Waals surface area contributed by atoms with Crippen molar-refractivity contribution in [2.45, 2.75) is 31.8 Å². The fraction of sp³-hybridized carbons (Fsp3) is 0.471. The van der Waals surface area contributed by atoms with Crippen molar-refractivity contribution < 1.29 is 9.59 Å². The average Bonchev–Trinajstić information content (AvgIpc) is 3.27. The molecule has 2 atom stereocenters. The number of carbonyl (C=O) groups excluding carboxylic acids is 2. The predicted octanol–water partition coefficient (Wildman–Crippen LogP) is 2.06. The predicted molar refractivity (Wildman–Crippen MR) is 92.4 cm³/mol. The van der Waals surface area contributed by atoms with E-state index in [-0.39, 0.29) is 23.8 Å². The second-order valence-corrected chi connectivity index (χ2v) is 7.00. The number of aromatic nitrogens is 2. The summed E-state index contributed by atoms with van der Waals surface area (Å²) in [5.41, 5.74) is 0. The molecule has 0 unspecified atom stereocenters. The molecule has 0 spiro atoms. The Kier molecular flexibility index (Phi) is 5.30. The van der Waals surface area contributed by atoms with Crippen LogP contribution in [0.3, 0.4) is 0 Å². The summed E-state index contributed by atoms with van der Waals surface area (Å²) >= 11 is 1.60. The first kappa shape index (κ1) is 16.7. The van der Waals surface area contributed by atoms with Gasteiger partial charge in [0.2, 0.25) is 11.8 Å². The van der Waals surface area contributed by atoms with Crippen LogP contribution in [0, 0.1) is 5.92 Å². The van der Waals surface area contributed by atoms with E-state index in [1.165, 1.54) is 0 Å². The number of amides is 2. The smallest absolute Gasteiger partial charge is 0.225 e. The summed E-state index contributed by atoms with van der Waals surface area (Å²) in [6.45, 7) is 1.40. The van der Waals surface area contributed by atoms with E-state index in [9.17, 15) is 9.59 Å². The third-order valence-electron chi connectivity index (χ3n) is 4.45. The van der Waals surface area contributed by atoms with Crippen molar-refractivity contribution in [1.29, 1.82) is 0 Å². The molecule has 128 valence electrons. The number of piperidine rings is 1. The quantitative estimate of drug-likeness (QED) is 0.814. The van der Waals surface area contributed by atoms with Crippen LogP contribution in [0.1, 0.15) is 30.2 Å². The number of hydrogen-bond donors (Lipinski definition) is 1. The van der Waals surface area contributed by atoms with E-state index in [0.717, 1.165) is 17.8 Å². The Balaban J connectivity index is 1.58. The minimum Gasteiger partial charge on any atom is -0.356 e. The Morgan fingerprint density at radius 1 is 1.46 bits per heavy atom. The summed E-state index contributed by atoms with van der Waals surface area (Å²) in [6, 6.07) is 5.70. The van der Waals surface area contributed by atoms with Crippen LogP contribution in [0.25, 0.3) is 0 Å². The molecule has 1 saturated heterocycles. The number of hydrogen-bond acceptors (Lipinski definition) is 4. The third-order valence-corrected chi connectivity index (χ3v) is 5.40. The Morgan fingerprint density at radius 2 is 2.33 bits per heavy atom. The van der Waals surface area contributed by atoms with E-state index < -0.39 is 0 Å². The van der Waals surface area contributed by atoms with E-state index in [0.29, 0.717) is 19.4 Å². The van der Waals surface area contributed by atoms with Gasteiger partial charge in [-0.1, -0.05) is 6.07 Å². The normalized spacial score (nSPS) is 21.0. The molecule has 7 heteroatoms. The molecule has 0 aromatic carbocycles. The molecule has 1 fully saturated rings. The first-order valence-electron chi connectivity index (χ1n) is 8.21. The zero-order chi connectivity index (χ0) is 16.9. The Labute approximate surface area is 145 Å². The molecule has 2 aromatic heterocycles. The van der Waals surface area contributed by atoms with Crippen molar-refractivity contribution in [3.05, 3.63) is 40.8 Å². The second-order valence-electron chi connectivity index (χ2n) is 6.02.